The number of furan rings is 1. The van der Waals surface area contributed by atoms with E-state index < -0.39 is 0 Å². The van der Waals surface area contributed by atoms with Gasteiger partial charge in [-0.15, -0.1) is 0 Å². The quantitative estimate of drug-likeness (QED) is 0.196. The van der Waals surface area contributed by atoms with Crippen LogP contribution in [0.4, 0.5) is 0 Å². The molecule has 0 aliphatic rings. The fourth-order valence-corrected chi connectivity index (χ4v) is 6.32. The van der Waals surface area contributed by atoms with Crippen molar-refractivity contribution in [1.82, 2.24) is 19.9 Å². The van der Waals surface area contributed by atoms with Crippen LogP contribution in [0.5, 0.6) is 0 Å². The molecule has 0 atom stereocenters. The number of para-hydroxylation sites is 1. The number of aromatic nitrogens is 4. The van der Waals surface area contributed by atoms with E-state index in [1.807, 2.05) is 97.1 Å². The van der Waals surface area contributed by atoms with Crippen LogP contribution >= 0.6 is 0 Å². The third-order valence-corrected chi connectivity index (χ3v) is 8.51. The van der Waals surface area contributed by atoms with Gasteiger partial charge < -0.3 is 4.42 Å². The van der Waals surface area contributed by atoms with Gasteiger partial charge >= 0.3 is 0 Å². The van der Waals surface area contributed by atoms with Crippen molar-refractivity contribution in [1.29, 1.82) is 0 Å². The molecule has 5 heteroatoms. The van der Waals surface area contributed by atoms with Gasteiger partial charge in [-0.3, -0.25) is 0 Å². The molecule has 0 bridgehead atoms. The monoisotopic (exact) mass is 602 g/mol. The molecule has 0 aliphatic heterocycles. The van der Waals surface area contributed by atoms with Crippen molar-refractivity contribution in [2.24, 2.45) is 0 Å². The number of hydrogen-bond acceptors (Lipinski definition) is 5. The lowest BCUT2D eigenvalue weighted by Crippen LogP contribution is -2.00. The van der Waals surface area contributed by atoms with E-state index in [-0.39, 0.29) is 0 Å². The summed E-state index contributed by atoms with van der Waals surface area (Å²) in [6.45, 7) is 0. The average Bonchev–Trinajstić information content (AvgIpc) is 3.55. The highest BCUT2D eigenvalue weighted by molar-refractivity contribution is 6.22. The van der Waals surface area contributed by atoms with Gasteiger partial charge in [-0.1, -0.05) is 140 Å². The fraction of sp³-hybridized carbons (Fsp3) is 0. The Balaban J connectivity index is 1.28. The molecule has 0 saturated carbocycles. The lowest BCUT2D eigenvalue weighted by Gasteiger charge is -2.12. The smallest absolute Gasteiger partial charge is 0.164 e. The SMILES string of the molecule is c1ccc(-c2nc(-c3ccccc3)nc(-c3cccc(-c4nc5cccc(-c6ccccc6)c5c5oc6ccccc6c45)c3)n2)cc1. The molecule has 3 aromatic heterocycles. The van der Waals surface area contributed by atoms with Crippen molar-refractivity contribution in [3.63, 3.8) is 0 Å². The molecule has 0 radical (unpaired) electrons. The van der Waals surface area contributed by atoms with E-state index in [0.717, 1.165) is 71.9 Å². The van der Waals surface area contributed by atoms with Crippen LogP contribution < -0.4 is 0 Å². The van der Waals surface area contributed by atoms with Crippen molar-refractivity contribution in [3.8, 4) is 56.5 Å². The maximum atomic E-state index is 6.66. The van der Waals surface area contributed by atoms with E-state index in [2.05, 4.69) is 60.7 Å². The van der Waals surface area contributed by atoms with Crippen molar-refractivity contribution in [3.05, 3.63) is 158 Å². The minimum atomic E-state index is 0.597. The Morgan fingerprint density at radius 1 is 0.383 bits per heavy atom. The molecule has 0 N–H and O–H groups in total. The second-order valence-corrected chi connectivity index (χ2v) is 11.4. The fourth-order valence-electron chi connectivity index (χ4n) is 6.32. The highest BCUT2D eigenvalue weighted by atomic mass is 16.3. The van der Waals surface area contributed by atoms with Crippen LogP contribution in [0.25, 0.3) is 89.4 Å². The van der Waals surface area contributed by atoms with Crippen LogP contribution in [0.15, 0.2) is 162 Å². The highest BCUT2D eigenvalue weighted by Crippen LogP contribution is 2.43. The van der Waals surface area contributed by atoms with Crippen LogP contribution in [-0.4, -0.2) is 19.9 Å². The van der Waals surface area contributed by atoms with Gasteiger partial charge in [-0.05, 0) is 29.3 Å². The molecule has 9 aromatic rings. The Kier molecular flexibility index (Phi) is 6.39. The molecule has 5 nitrogen and oxygen atoms in total. The average molecular weight is 603 g/mol. The van der Waals surface area contributed by atoms with Crippen molar-refractivity contribution >= 4 is 32.8 Å². The summed E-state index contributed by atoms with van der Waals surface area (Å²) in [4.78, 5) is 20.1. The molecule has 0 spiro atoms. The summed E-state index contributed by atoms with van der Waals surface area (Å²) >= 11 is 0. The molecule has 3 heterocycles. The van der Waals surface area contributed by atoms with Gasteiger partial charge in [0.15, 0.2) is 17.5 Å². The van der Waals surface area contributed by atoms with Gasteiger partial charge in [-0.2, -0.15) is 0 Å². The lowest BCUT2D eigenvalue weighted by atomic mass is 9.96. The van der Waals surface area contributed by atoms with Crippen LogP contribution in [0.2, 0.25) is 0 Å². The molecular formula is C42H26N4O. The summed E-state index contributed by atoms with van der Waals surface area (Å²) in [5.41, 5.74) is 9.28. The van der Waals surface area contributed by atoms with Crippen LogP contribution in [0.1, 0.15) is 0 Å². The Bertz CT molecular complexity index is 2500. The zero-order valence-corrected chi connectivity index (χ0v) is 25.2. The van der Waals surface area contributed by atoms with E-state index in [0.29, 0.717) is 17.5 Å². The summed E-state index contributed by atoms with van der Waals surface area (Å²) in [6, 6.07) is 53.2. The summed E-state index contributed by atoms with van der Waals surface area (Å²) < 4.78 is 6.66. The maximum absolute atomic E-state index is 6.66. The van der Waals surface area contributed by atoms with E-state index in [1.54, 1.807) is 0 Å². The second kappa shape index (κ2) is 11.2. The summed E-state index contributed by atoms with van der Waals surface area (Å²) in [5.74, 6) is 1.85. The number of nitrogens with zero attached hydrogens (tertiary/aromatic N) is 4. The lowest BCUT2D eigenvalue weighted by molar-refractivity contribution is 0.672. The molecule has 0 fully saturated rings. The first-order valence-corrected chi connectivity index (χ1v) is 15.6. The van der Waals surface area contributed by atoms with Gasteiger partial charge in [0.05, 0.1) is 22.0 Å². The van der Waals surface area contributed by atoms with Crippen molar-refractivity contribution in [2.75, 3.05) is 0 Å². The number of rotatable bonds is 5. The zero-order chi connectivity index (χ0) is 31.2. The molecular weight excluding hydrogens is 576 g/mol. The van der Waals surface area contributed by atoms with E-state index in [4.69, 9.17) is 24.4 Å². The molecule has 0 saturated heterocycles. The Morgan fingerprint density at radius 3 is 1.60 bits per heavy atom. The normalized spacial score (nSPS) is 11.4. The predicted molar refractivity (Wildman–Crippen MR) is 190 cm³/mol. The van der Waals surface area contributed by atoms with E-state index in [9.17, 15) is 0 Å². The number of fused-ring (bicyclic) bond motifs is 5. The highest BCUT2D eigenvalue weighted by Gasteiger charge is 2.21. The summed E-state index contributed by atoms with van der Waals surface area (Å²) in [7, 11) is 0. The van der Waals surface area contributed by atoms with Gasteiger partial charge in [0.25, 0.3) is 0 Å². The Hall–Kier alpha value is -6.46. The molecule has 220 valence electrons. The maximum Gasteiger partial charge on any atom is 0.164 e. The van der Waals surface area contributed by atoms with Gasteiger partial charge in [0.2, 0.25) is 0 Å². The third kappa shape index (κ3) is 4.73. The van der Waals surface area contributed by atoms with Crippen LogP contribution in [-0.2, 0) is 0 Å². The van der Waals surface area contributed by atoms with E-state index in [1.165, 1.54) is 0 Å². The van der Waals surface area contributed by atoms with Gasteiger partial charge in [0, 0.05) is 27.6 Å². The first-order chi connectivity index (χ1) is 23.3. The van der Waals surface area contributed by atoms with Gasteiger partial charge in [0.1, 0.15) is 11.2 Å². The number of benzene rings is 6. The largest absolute Gasteiger partial charge is 0.455 e. The standard InChI is InChI=1S/C42H26N4O/c1-4-14-27(15-5-1)32-23-13-24-34-36(32)39-37(33-22-10-11-25-35(33)47-39)38(43-34)30-20-12-21-31(26-30)42-45-40(28-16-6-2-7-17-28)44-41(46-42)29-18-8-3-9-19-29/h1-26H. The molecule has 47 heavy (non-hydrogen) atoms. The predicted octanol–water partition coefficient (Wildman–Crippen LogP) is 10.7. The van der Waals surface area contributed by atoms with Crippen molar-refractivity contribution < 1.29 is 4.42 Å². The molecule has 6 aromatic carbocycles. The summed E-state index contributed by atoms with van der Waals surface area (Å²) in [5, 5.41) is 3.01. The second-order valence-electron chi connectivity index (χ2n) is 11.4. The van der Waals surface area contributed by atoms with E-state index >= 15 is 0 Å². The Morgan fingerprint density at radius 2 is 0.915 bits per heavy atom. The van der Waals surface area contributed by atoms with Gasteiger partial charge in [-0.25, -0.2) is 19.9 Å². The first kappa shape index (κ1) is 26.9. The van der Waals surface area contributed by atoms with Crippen molar-refractivity contribution in [2.45, 2.75) is 0 Å². The summed E-state index contributed by atoms with van der Waals surface area (Å²) in [6.07, 6.45) is 0. The third-order valence-electron chi connectivity index (χ3n) is 8.51. The zero-order valence-electron chi connectivity index (χ0n) is 25.2. The van der Waals surface area contributed by atoms with Crippen LogP contribution in [0, 0.1) is 0 Å². The van der Waals surface area contributed by atoms with Crippen LogP contribution in [0.3, 0.4) is 0 Å². The number of hydrogen-bond donors (Lipinski definition) is 0. The Labute approximate surface area is 270 Å². The number of pyridine rings is 1. The first-order valence-electron chi connectivity index (χ1n) is 15.6. The minimum Gasteiger partial charge on any atom is -0.455 e. The topological polar surface area (TPSA) is 64.7 Å². The molecule has 0 unspecified atom stereocenters. The molecule has 0 amide bonds. The minimum absolute atomic E-state index is 0.597. The molecule has 9 rings (SSSR count). The molecule has 0 aliphatic carbocycles.